The number of Topliss-reactive ketones (excluding diaryl/α,β-unsaturated/α-hetero) is 1. The first-order valence-electron chi connectivity index (χ1n) is 7.98. The van der Waals surface area contributed by atoms with Crippen LogP contribution in [0.25, 0.3) is 5.69 Å². The average molecular weight is 432 g/mol. The van der Waals surface area contributed by atoms with E-state index in [-0.39, 0.29) is 11.5 Å². The second-order valence-electron chi connectivity index (χ2n) is 5.77. The van der Waals surface area contributed by atoms with Crippen LogP contribution >= 0.6 is 27.7 Å². The quantitative estimate of drug-likeness (QED) is 0.420. The van der Waals surface area contributed by atoms with Gasteiger partial charge in [0.15, 0.2) is 10.9 Å². The number of ether oxygens (including phenoxy) is 1. The van der Waals surface area contributed by atoms with Crippen LogP contribution in [-0.2, 0) is 0 Å². The molecular formula is C19H18BrN3O2S. The van der Waals surface area contributed by atoms with E-state index in [1.165, 1.54) is 11.8 Å². The summed E-state index contributed by atoms with van der Waals surface area (Å²) < 4.78 is 7.93. The molecule has 7 heteroatoms. The van der Waals surface area contributed by atoms with Crippen molar-refractivity contribution in [3.8, 4) is 11.4 Å². The zero-order chi connectivity index (χ0) is 18.7. The Morgan fingerprint density at radius 3 is 2.69 bits per heavy atom. The van der Waals surface area contributed by atoms with E-state index in [0.717, 1.165) is 21.5 Å². The molecule has 0 unspecified atom stereocenters. The average Bonchev–Trinajstić information content (AvgIpc) is 3.00. The highest BCUT2D eigenvalue weighted by Gasteiger charge is 2.15. The van der Waals surface area contributed by atoms with Crippen molar-refractivity contribution in [1.29, 1.82) is 0 Å². The number of aryl methyl sites for hydroxylation is 2. The van der Waals surface area contributed by atoms with Gasteiger partial charge in [0.25, 0.3) is 0 Å². The molecule has 1 aromatic heterocycles. The molecule has 0 radical (unpaired) electrons. The molecular weight excluding hydrogens is 414 g/mol. The van der Waals surface area contributed by atoms with Crippen molar-refractivity contribution in [2.24, 2.45) is 0 Å². The fourth-order valence-corrected chi connectivity index (χ4v) is 3.99. The van der Waals surface area contributed by atoms with Gasteiger partial charge in [-0.15, -0.1) is 10.2 Å². The summed E-state index contributed by atoms with van der Waals surface area (Å²) >= 11 is 4.79. The van der Waals surface area contributed by atoms with E-state index in [1.54, 1.807) is 25.3 Å². The van der Waals surface area contributed by atoms with Gasteiger partial charge in [-0.25, -0.2) is 0 Å². The van der Waals surface area contributed by atoms with E-state index in [9.17, 15) is 4.79 Å². The number of ketones is 1. The number of carbonyl (C=O) groups is 1. The van der Waals surface area contributed by atoms with Gasteiger partial charge in [0.05, 0.1) is 17.3 Å². The molecule has 26 heavy (non-hydrogen) atoms. The second-order valence-corrected chi connectivity index (χ2v) is 7.56. The molecule has 1 heterocycles. The lowest BCUT2D eigenvalue weighted by molar-refractivity contribution is 0.102. The number of thioether (sulfide) groups is 1. The number of hydrogen-bond acceptors (Lipinski definition) is 5. The number of benzene rings is 2. The van der Waals surface area contributed by atoms with Crippen molar-refractivity contribution in [2.75, 3.05) is 12.9 Å². The number of methoxy groups -OCH3 is 1. The Morgan fingerprint density at radius 2 is 2.00 bits per heavy atom. The SMILES string of the molecule is COc1ccc(C(=O)CSc2nnc(C)n2-c2cccc(C)c2)cc1Br. The van der Waals surface area contributed by atoms with Crippen LogP contribution in [0.4, 0.5) is 0 Å². The van der Waals surface area contributed by atoms with Crippen LogP contribution in [-0.4, -0.2) is 33.4 Å². The lowest BCUT2D eigenvalue weighted by Crippen LogP contribution is -2.05. The number of aromatic nitrogens is 3. The van der Waals surface area contributed by atoms with Crippen LogP contribution in [0, 0.1) is 13.8 Å². The Morgan fingerprint density at radius 1 is 1.19 bits per heavy atom. The molecule has 0 atom stereocenters. The minimum atomic E-state index is 0.0230. The van der Waals surface area contributed by atoms with Crippen molar-refractivity contribution in [3.05, 3.63) is 63.9 Å². The number of carbonyl (C=O) groups excluding carboxylic acids is 1. The Labute approximate surface area is 164 Å². The van der Waals surface area contributed by atoms with Gasteiger partial charge >= 0.3 is 0 Å². The summed E-state index contributed by atoms with van der Waals surface area (Å²) in [6.45, 7) is 3.95. The minimum Gasteiger partial charge on any atom is -0.496 e. The molecule has 0 N–H and O–H groups in total. The van der Waals surface area contributed by atoms with E-state index in [4.69, 9.17) is 4.74 Å². The summed E-state index contributed by atoms with van der Waals surface area (Å²) in [6.07, 6.45) is 0. The summed E-state index contributed by atoms with van der Waals surface area (Å²) in [5.74, 6) is 1.79. The van der Waals surface area contributed by atoms with E-state index < -0.39 is 0 Å². The molecule has 2 aromatic carbocycles. The zero-order valence-corrected chi connectivity index (χ0v) is 17.1. The molecule has 0 spiro atoms. The van der Waals surface area contributed by atoms with Gasteiger partial charge in [-0.2, -0.15) is 0 Å². The Kier molecular flexibility index (Phi) is 5.78. The summed E-state index contributed by atoms with van der Waals surface area (Å²) in [7, 11) is 1.60. The first-order chi connectivity index (χ1) is 12.5. The summed E-state index contributed by atoms with van der Waals surface area (Å²) in [5, 5.41) is 9.10. The molecule has 0 aliphatic heterocycles. The number of nitrogens with zero attached hydrogens (tertiary/aromatic N) is 3. The molecule has 0 aliphatic carbocycles. The van der Waals surface area contributed by atoms with Crippen LogP contribution < -0.4 is 4.74 Å². The predicted molar refractivity (Wildman–Crippen MR) is 107 cm³/mol. The molecule has 0 saturated carbocycles. The molecule has 0 amide bonds. The molecule has 3 aromatic rings. The molecule has 5 nitrogen and oxygen atoms in total. The van der Waals surface area contributed by atoms with Crippen LogP contribution in [0.15, 0.2) is 52.1 Å². The predicted octanol–water partition coefficient (Wildman–Crippen LogP) is 4.63. The van der Waals surface area contributed by atoms with E-state index in [1.807, 2.05) is 36.6 Å². The van der Waals surface area contributed by atoms with Crippen LogP contribution in [0.1, 0.15) is 21.7 Å². The molecule has 0 aliphatic rings. The van der Waals surface area contributed by atoms with E-state index in [2.05, 4.69) is 32.2 Å². The van der Waals surface area contributed by atoms with Gasteiger partial charge in [0.1, 0.15) is 11.6 Å². The lowest BCUT2D eigenvalue weighted by Gasteiger charge is -2.09. The summed E-state index contributed by atoms with van der Waals surface area (Å²) in [5.41, 5.74) is 2.78. The standard InChI is InChI=1S/C19H18BrN3O2S/c1-12-5-4-6-15(9-12)23-13(2)21-22-19(23)26-11-17(24)14-7-8-18(25-3)16(20)10-14/h4-10H,11H2,1-3H3. The molecule has 134 valence electrons. The lowest BCUT2D eigenvalue weighted by atomic mass is 10.1. The van der Waals surface area contributed by atoms with Gasteiger partial charge < -0.3 is 4.74 Å². The number of hydrogen-bond donors (Lipinski definition) is 0. The van der Waals surface area contributed by atoms with Crippen molar-refractivity contribution in [3.63, 3.8) is 0 Å². The molecule has 0 fully saturated rings. The van der Waals surface area contributed by atoms with Crippen molar-refractivity contribution in [1.82, 2.24) is 14.8 Å². The van der Waals surface area contributed by atoms with Crippen LogP contribution in [0.3, 0.4) is 0 Å². The molecule has 3 rings (SSSR count). The zero-order valence-electron chi connectivity index (χ0n) is 14.7. The molecule has 0 bridgehead atoms. The topological polar surface area (TPSA) is 57.0 Å². The third-order valence-electron chi connectivity index (χ3n) is 3.86. The first-order valence-corrected chi connectivity index (χ1v) is 9.76. The van der Waals surface area contributed by atoms with Crippen LogP contribution in [0.2, 0.25) is 0 Å². The highest BCUT2D eigenvalue weighted by molar-refractivity contribution is 9.10. The maximum atomic E-state index is 12.5. The van der Waals surface area contributed by atoms with Crippen molar-refractivity contribution in [2.45, 2.75) is 19.0 Å². The third-order valence-corrected chi connectivity index (χ3v) is 5.41. The number of rotatable bonds is 6. The van der Waals surface area contributed by atoms with E-state index in [0.29, 0.717) is 16.5 Å². The van der Waals surface area contributed by atoms with Crippen molar-refractivity contribution >= 4 is 33.5 Å². The Bertz CT molecular complexity index is 956. The van der Waals surface area contributed by atoms with Gasteiger partial charge in [-0.3, -0.25) is 9.36 Å². The Hall–Kier alpha value is -2.12. The second kappa shape index (κ2) is 8.05. The fraction of sp³-hybridized carbons (Fsp3) is 0.211. The van der Waals surface area contributed by atoms with Gasteiger partial charge in [0.2, 0.25) is 0 Å². The van der Waals surface area contributed by atoms with Crippen LogP contribution in [0.5, 0.6) is 5.75 Å². The number of halogens is 1. The molecule has 0 saturated heterocycles. The maximum Gasteiger partial charge on any atom is 0.196 e. The summed E-state index contributed by atoms with van der Waals surface area (Å²) in [6, 6.07) is 13.4. The minimum absolute atomic E-state index is 0.0230. The first kappa shape index (κ1) is 18.7. The maximum absolute atomic E-state index is 12.5. The smallest absolute Gasteiger partial charge is 0.196 e. The van der Waals surface area contributed by atoms with Gasteiger partial charge in [-0.1, -0.05) is 23.9 Å². The Balaban J connectivity index is 1.78. The monoisotopic (exact) mass is 431 g/mol. The van der Waals surface area contributed by atoms with Crippen molar-refractivity contribution < 1.29 is 9.53 Å². The van der Waals surface area contributed by atoms with Gasteiger partial charge in [0, 0.05) is 11.3 Å². The fourth-order valence-electron chi connectivity index (χ4n) is 2.55. The highest BCUT2D eigenvalue weighted by atomic mass is 79.9. The third kappa shape index (κ3) is 3.99. The van der Waals surface area contributed by atoms with E-state index >= 15 is 0 Å². The normalized spacial score (nSPS) is 10.8. The highest BCUT2D eigenvalue weighted by Crippen LogP contribution is 2.27. The van der Waals surface area contributed by atoms with Gasteiger partial charge in [-0.05, 0) is 65.7 Å². The summed E-state index contributed by atoms with van der Waals surface area (Å²) in [4.78, 5) is 12.5. The largest absolute Gasteiger partial charge is 0.496 e.